The highest BCUT2D eigenvalue weighted by atomic mass is 16.6. The molecular formula is C28H26N2O5. The lowest BCUT2D eigenvalue weighted by Crippen LogP contribution is -2.22. The summed E-state index contributed by atoms with van der Waals surface area (Å²) >= 11 is 0. The molecule has 0 saturated heterocycles. The third kappa shape index (κ3) is 5.39. The normalized spacial score (nSPS) is 14.4. The molecule has 1 aliphatic rings. The molecule has 35 heavy (non-hydrogen) atoms. The van der Waals surface area contributed by atoms with Crippen molar-refractivity contribution in [3.05, 3.63) is 94.9 Å². The van der Waals surface area contributed by atoms with Crippen molar-refractivity contribution < 1.29 is 23.7 Å². The summed E-state index contributed by atoms with van der Waals surface area (Å²) in [5.74, 6) is 0.905. The van der Waals surface area contributed by atoms with Crippen LogP contribution in [-0.4, -0.2) is 19.2 Å². The zero-order valence-electron chi connectivity index (χ0n) is 19.6. The molecule has 0 spiro atoms. The number of fused-ring (bicyclic) bond motifs is 1. The predicted octanol–water partition coefficient (Wildman–Crippen LogP) is 4.99. The van der Waals surface area contributed by atoms with Gasteiger partial charge < -0.3 is 24.7 Å². The molecule has 0 fully saturated rings. The highest BCUT2D eigenvalue weighted by Crippen LogP contribution is 2.45. The van der Waals surface area contributed by atoms with Gasteiger partial charge in [0.05, 0.1) is 12.5 Å². The Kier molecular flexibility index (Phi) is 7.22. The largest absolute Gasteiger partial charge is 0.493 e. The van der Waals surface area contributed by atoms with Crippen molar-refractivity contribution in [2.75, 3.05) is 13.2 Å². The van der Waals surface area contributed by atoms with Crippen molar-refractivity contribution in [1.29, 1.82) is 5.26 Å². The van der Waals surface area contributed by atoms with Crippen molar-refractivity contribution in [3.63, 3.8) is 0 Å². The summed E-state index contributed by atoms with van der Waals surface area (Å²) in [6.07, 6.45) is 0.851. The monoisotopic (exact) mass is 470 g/mol. The van der Waals surface area contributed by atoms with E-state index in [2.05, 4.69) is 6.07 Å². The van der Waals surface area contributed by atoms with E-state index in [1.165, 1.54) is 0 Å². The predicted molar refractivity (Wildman–Crippen MR) is 130 cm³/mol. The number of carbonyl (C=O) groups is 1. The van der Waals surface area contributed by atoms with Crippen molar-refractivity contribution in [2.45, 2.75) is 26.2 Å². The third-order valence-corrected chi connectivity index (χ3v) is 5.49. The first-order valence-corrected chi connectivity index (χ1v) is 11.3. The minimum atomic E-state index is -0.558. The van der Waals surface area contributed by atoms with E-state index in [1.807, 2.05) is 50.2 Å². The maximum absolute atomic E-state index is 12.3. The van der Waals surface area contributed by atoms with Crippen LogP contribution in [0.5, 0.6) is 23.0 Å². The fraction of sp³-hybridized carbons (Fsp3) is 0.214. The minimum absolute atomic E-state index is 0.00137. The van der Waals surface area contributed by atoms with Crippen LogP contribution in [0.15, 0.2) is 78.2 Å². The number of nitriles is 1. The van der Waals surface area contributed by atoms with Gasteiger partial charge in [-0.2, -0.15) is 5.26 Å². The first kappa shape index (κ1) is 23.7. The fourth-order valence-electron chi connectivity index (χ4n) is 3.82. The second kappa shape index (κ2) is 10.7. The van der Waals surface area contributed by atoms with Gasteiger partial charge in [0.1, 0.15) is 34.6 Å². The van der Waals surface area contributed by atoms with Crippen molar-refractivity contribution >= 4 is 5.97 Å². The summed E-state index contributed by atoms with van der Waals surface area (Å²) in [5.41, 5.74) is 9.04. The number of aryl methyl sites for hydroxylation is 1. The molecule has 1 aliphatic heterocycles. The average molecular weight is 471 g/mol. The standard InChI is InChI=1S/C28H26N2O5/c1-3-14-32-24-7-5-4-6-21(24)27-22-13-12-20(15-25(22)35-28(30)23(27)16-29)34-26(31)17-33-19-10-8-18(2)9-11-19/h4-13,15,27H,3,14,17,30H2,1-2H3. The SMILES string of the molecule is CCCOc1ccccc1C1C(C#N)=C(N)Oc2cc(OC(=O)COc3ccc(C)cc3)ccc21. The Morgan fingerprint density at radius 3 is 2.51 bits per heavy atom. The molecule has 1 unspecified atom stereocenters. The Hall–Kier alpha value is -4.44. The number of nitrogens with two attached hydrogens (primary N) is 1. The zero-order valence-corrected chi connectivity index (χ0v) is 19.6. The molecule has 0 amide bonds. The van der Waals surface area contributed by atoms with E-state index >= 15 is 0 Å². The quantitative estimate of drug-likeness (QED) is 0.365. The number of esters is 1. The number of rotatable bonds is 8. The topological polar surface area (TPSA) is 104 Å². The van der Waals surface area contributed by atoms with Crippen LogP contribution in [0.1, 0.15) is 36.0 Å². The summed E-state index contributed by atoms with van der Waals surface area (Å²) in [6, 6.07) is 22.1. The molecule has 3 aromatic carbocycles. The first-order chi connectivity index (χ1) is 17.0. The Morgan fingerprint density at radius 2 is 1.77 bits per heavy atom. The fourth-order valence-corrected chi connectivity index (χ4v) is 3.82. The molecule has 0 saturated carbocycles. The summed E-state index contributed by atoms with van der Waals surface area (Å²) in [7, 11) is 0. The Balaban J connectivity index is 1.57. The molecule has 7 nitrogen and oxygen atoms in total. The zero-order chi connectivity index (χ0) is 24.8. The molecule has 1 heterocycles. The van der Waals surface area contributed by atoms with Gasteiger partial charge in [0.15, 0.2) is 6.61 Å². The molecule has 1 atom stereocenters. The summed E-state index contributed by atoms with van der Waals surface area (Å²) in [6.45, 7) is 4.30. The number of para-hydroxylation sites is 1. The molecule has 3 aromatic rings. The van der Waals surface area contributed by atoms with Gasteiger partial charge in [0.2, 0.25) is 5.88 Å². The summed E-state index contributed by atoms with van der Waals surface area (Å²) < 4.78 is 22.6. The van der Waals surface area contributed by atoms with Gasteiger partial charge in [-0.15, -0.1) is 0 Å². The molecule has 2 N–H and O–H groups in total. The van der Waals surface area contributed by atoms with Crippen LogP contribution in [-0.2, 0) is 4.79 Å². The van der Waals surface area contributed by atoms with E-state index < -0.39 is 11.9 Å². The molecule has 0 aromatic heterocycles. The number of carbonyl (C=O) groups excluding carboxylic acids is 1. The molecule has 4 rings (SSSR count). The summed E-state index contributed by atoms with van der Waals surface area (Å²) in [4.78, 5) is 12.3. The Labute approximate surface area is 204 Å². The third-order valence-electron chi connectivity index (χ3n) is 5.49. The van der Waals surface area contributed by atoms with E-state index in [-0.39, 0.29) is 18.2 Å². The van der Waals surface area contributed by atoms with Gasteiger partial charge in [0, 0.05) is 17.2 Å². The Bertz CT molecular complexity index is 1290. The smallest absolute Gasteiger partial charge is 0.349 e. The molecule has 0 radical (unpaired) electrons. The molecule has 7 heteroatoms. The van der Waals surface area contributed by atoms with Crippen molar-refractivity contribution in [3.8, 4) is 29.1 Å². The second-order valence-corrected chi connectivity index (χ2v) is 8.09. The van der Waals surface area contributed by atoms with E-state index in [0.29, 0.717) is 29.4 Å². The number of hydrogen-bond acceptors (Lipinski definition) is 7. The van der Waals surface area contributed by atoms with Crippen LogP contribution < -0.4 is 24.7 Å². The number of allylic oxidation sites excluding steroid dienone is 1. The van der Waals surface area contributed by atoms with Crippen LogP contribution in [0.3, 0.4) is 0 Å². The van der Waals surface area contributed by atoms with Crippen LogP contribution >= 0.6 is 0 Å². The van der Waals surface area contributed by atoms with Crippen LogP contribution in [0.2, 0.25) is 0 Å². The van der Waals surface area contributed by atoms with Gasteiger partial charge in [-0.1, -0.05) is 48.9 Å². The van der Waals surface area contributed by atoms with E-state index in [4.69, 9.17) is 24.7 Å². The lowest BCUT2D eigenvalue weighted by atomic mass is 9.83. The lowest BCUT2D eigenvalue weighted by Gasteiger charge is -2.28. The van der Waals surface area contributed by atoms with E-state index in [1.54, 1.807) is 30.3 Å². The van der Waals surface area contributed by atoms with Gasteiger partial charge in [0.25, 0.3) is 0 Å². The number of nitrogens with zero attached hydrogens (tertiary/aromatic N) is 1. The molecular weight excluding hydrogens is 444 g/mol. The summed E-state index contributed by atoms with van der Waals surface area (Å²) in [5, 5.41) is 9.84. The molecule has 0 aliphatic carbocycles. The maximum Gasteiger partial charge on any atom is 0.349 e. The lowest BCUT2D eigenvalue weighted by molar-refractivity contribution is -0.136. The van der Waals surface area contributed by atoms with Crippen LogP contribution in [0.25, 0.3) is 0 Å². The Morgan fingerprint density at radius 1 is 1.03 bits per heavy atom. The second-order valence-electron chi connectivity index (χ2n) is 8.09. The van der Waals surface area contributed by atoms with Crippen molar-refractivity contribution in [1.82, 2.24) is 0 Å². The number of ether oxygens (including phenoxy) is 4. The van der Waals surface area contributed by atoms with Gasteiger partial charge in [-0.3, -0.25) is 0 Å². The van der Waals surface area contributed by atoms with Gasteiger partial charge >= 0.3 is 5.97 Å². The van der Waals surface area contributed by atoms with Gasteiger partial charge in [-0.05, 0) is 37.6 Å². The van der Waals surface area contributed by atoms with Crippen LogP contribution in [0.4, 0.5) is 0 Å². The number of hydrogen-bond donors (Lipinski definition) is 1. The molecule has 0 bridgehead atoms. The minimum Gasteiger partial charge on any atom is -0.493 e. The van der Waals surface area contributed by atoms with E-state index in [9.17, 15) is 10.1 Å². The first-order valence-electron chi connectivity index (χ1n) is 11.3. The van der Waals surface area contributed by atoms with Crippen LogP contribution in [0, 0.1) is 18.3 Å². The van der Waals surface area contributed by atoms with E-state index in [0.717, 1.165) is 23.1 Å². The number of benzene rings is 3. The maximum atomic E-state index is 12.3. The van der Waals surface area contributed by atoms with Crippen molar-refractivity contribution in [2.24, 2.45) is 5.73 Å². The molecule has 178 valence electrons. The van der Waals surface area contributed by atoms with Gasteiger partial charge in [-0.25, -0.2) is 4.79 Å². The highest BCUT2D eigenvalue weighted by molar-refractivity contribution is 5.74. The highest BCUT2D eigenvalue weighted by Gasteiger charge is 2.33. The average Bonchev–Trinajstić information content (AvgIpc) is 2.86.